The number of anilines is 1. The van der Waals surface area contributed by atoms with Crippen LogP contribution < -0.4 is 4.90 Å². The van der Waals surface area contributed by atoms with Crippen LogP contribution in [0.15, 0.2) is 72.2 Å². The second-order valence-electron chi connectivity index (χ2n) is 10.7. The smallest absolute Gasteiger partial charge is 0.185 e. The third kappa shape index (κ3) is 5.37. The molecule has 0 bridgehead atoms. The van der Waals surface area contributed by atoms with Crippen molar-refractivity contribution in [3.8, 4) is 17.2 Å². The first-order valence-electron chi connectivity index (χ1n) is 13.8. The van der Waals surface area contributed by atoms with Gasteiger partial charge in [0, 0.05) is 62.2 Å². The Labute approximate surface area is 233 Å². The Hall–Kier alpha value is -4.39. The molecule has 0 saturated carbocycles. The van der Waals surface area contributed by atoms with Crippen LogP contribution in [0, 0.1) is 17.2 Å². The van der Waals surface area contributed by atoms with Crippen LogP contribution in [0.1, 0.15) is 29.5 Å². The minimum absolute atomic E-state index is 0.0248. The van der Waals surface area contributed by atoms with Gasteiger partial charge in [-0.3, -0.25) is 4.90 Å². The normalized spacial score (nSPS) is 18.2. The molecule has 2 atom stereocenters. The number of nitrogens with zero attached hydrogens (tertiary/aromatic N) is 8. The zero-order valence-electron chi connectivity index (χ0n) is 22.6. The standard InChI is InChI=1S/C31H33N8O/c1-23(22-40)18-38-20-28(17-34-38)26-13-29(31-27(14-32)16-35-39(31)21-26)25-7-8-30(33-15-25)37-11-9-36(10-12-37)19-24-5-3-2-4-6-24/h2-8,13,15-17,20-21,23,28,40H,9-12,18-19,22H2,1H3/q+1/t23-,28?/m1/s1. The zero-order chi connectivity index (χ0) is 27.5. The predicted octanol–water partition coefficient (Wildman–Crippen LogP) is 3.38. The van der Waals surface area contributed by atoms with Crippen molar-refractivity contribution in [3.63, 3.8) is 0 Å². The Bertz CT molecular complexity index is 1580. The highest BCUT2D eigenvalue weighted by Crippen LogP contribution is 2.31. The van der Waals surface area contributed by atoms with Crippen LogP contribution in [0.3, 0.4) is 0 Å². The molecule has 40 heavy (non-hydrogen) atoms. The van der Waals surface area contributed by atoms with E-state index < -0.39 is 0 Å². The van der Waals surface area contributed by atoms with E-state index in [0.29, 0.717) is 12.1 Å². The summed E-state index contributed by atoms with van der Waals surface area (Å²) < 4.78 is 3.67. The Balaban J connectivity index is 1.22. The van der Waals surface area contributed by atoms with E-state index in [1.807, 2.05) is 30.2 Å². The summed E-state index contributed by atoms with van der Waals surface area (Å²) in [6.07, 6.45) is 9.44. The molecule has 1 saturated heterocycles. The monoisotopic (exact) mass is 533 g/mol. The lowest BCUT2D eigenvalue weighted by atomic mass is 9.97. The van der Waals surface area contributed by atoms with Crippen LogP contribution in [0.5, 0.6) is 0 Å². The van der Waals surface area contributed by atoms with Gasteiger partial charge in [0.15, 0.2) is 12.8 Å². The lowest BCUT2D eigenvalue weighted by Gasteiger charge is -2.35. The van der Waals surface area contributed by atoms with Crippen LogP contribution >= 0.6 is 0 Å². The Kier molecular flexibility index (Phi) is 7.36. The van der Waals surface area contributed by atoms with E-state index in [4.69, 9.17) is 4.98 Å². The number of hydrogen-bond donors (Lipinski definition) is 1. The van der Waals surface area contributed by atoms with Crippen molar-refractivity contribution in [2.45, 2.75) is 19.4 Å². The number of aliphatic hydroxyl groups excluding tert-OH is 1. The van der Waals surface area contributed by atoms with E-state index in [9.17, 15) is 10.4 Å². The van der Waals surface area contributed by atoms with Crippen molar-refractivity contribution in [2.24, 2.45) is 11.0 Å². The third-order valence-electron chi connectivity index (χ3n) is 7.66. The summed E-state index contributed by atoms with van der Waals surface area (Å²) in [6.45, 7) is 7.61. The highest BCUT2D eigenvalue weighted by atomic mass is 16.3. The SMILES string of the molecule is C[C@@H](CO)C[N+]1=CC(c2cc(-c3ccc(N4CCN(Cc5ccccc5)CC4)nc3)c3c(C#N)cnn3c2)C=N1. The maximum Gasteiger partial charge on any atom is 0.185 e. The predicted molar refractivity (Wildman–Crippen MR) is 156 cm³/mol. The third-order valence-corrected chi connectivity index (χ3v) is 7.66. The molecule has 4 aromatic rings. The largest absolute Gasteiger partial charge is 0.396 e. The van der Waals surface area contributed by atoms with Gasteiger partial charge in [-0.2, -0.15) is 10.4 Å². The maximum absolute atomic E-state index is 9.76. The van der Waals surface area contributed by atoms with Crippen LogP contribution in [-0.4, -0.2) is 81.0 Å². The first-order valence-corrected chi connectivity index (χ1v) is 13.8. The molecule has 0 amide bonds. The van der Waals surface area contributed by atoms with Crippen LogP contribution in [0.4, 0.5) is 5.82 Å². The topological polar surface area (TPSA) is 96.1 Å². The minimum atomic E-state index is -0.0248. The van der Waals surface area contributed by atoms with Gasteiger partial charge >= 0.3 is 0 Å². The van der Waals surface area contributed by atoms with Gasteiger partial charge in [0.05, 0.1) is 30.1 Å². The summed E-state index contributed by atoms with van der Waals surface area (Å²) >= 11 is 0. The number of hydrazone groups is 1. The fourth-order valence-electron chi connectivity index (χ4n) is 5.41. The van der Waals surface area contributed by atoms with E-state index in [-0.39, 0.29) is 18.4 Å². The molecule has 0 aliphatic carbocycles. The molecule has 0 spiro atoms. The fraction of sp³-hybridized carbons (Fsp3) is 0.323. The van der Waals surface area contributed by atoms with Crippen molar-refractivity contribution in [1.82, 2.24) is 19.5 Å². The highest BCUT2D eigenvalue weighted by molar-refractivity contribution is 5.92. The van der Waals surface area contributed by atoms with Crippen molar-refractivity contribution < 1.29 is 9.79 Å². The highest BCUT2D eigenvalue weighted by Gasteiger charge is 2.25. The second-order valence-corrected chi connectivity index (χ2v) is 10.7. The Morgan fingerprint density at radius 3 is 2.65 bits per heavy atom. The van der Waals surface area contributed by atoms with Gasteiger partial charge in [0.25, 0.3) is 0 Å². The summed E-state index contributed by atoms with van der Waals surface area (Å²) in [6, 6.07) is 19.2. The first kappa shape index (κ1) is 25.9. The molecule has 202 valence electrons. The van der Waals surface area contributed by atoms with Gasteiger partial charge < -0.3 is 10.0 Å². The van der Waals surface area contributed by atoms with Gasteiger partial charge in [-0.15, -0.1) is 0 Å². The van der Waals surface area contributed by atoms with Gasteiger partial charge in [0.1, 0.15) is 17.8 Å². The van der Waals surface area contributed by atoms with E-state index in [0.717, 1.165) is 60.7 Å². The molecular weight excluding hydrogens is 500 g/mol. The number of aliphatic hydroxyl groups is 1. The molecule has 1 fully saturated rings. The number of fused-ring (bicyclic) bond motifs is 1. The van der Waals surface area contributed by atoms with E-state index in [2.05, 4.69) is 80.8 Å². The fourth-order valence-corrected chi connectivity index (χ4v) is 5.41. The summed E-state index contributed by atoms with van der Waals surface area (Å²) in [5.74, 6) is 1.07. The van der Waals surface area contributed by atoms with Gasteiger partial charge in [0.2, 0.25) is 0 Å². The van der Waals surface area contributed by atoms with E-state index in [1.54, 1.807) is 10.7 Å². The molecular formula is C31H33N8O+. The van der Waals surface area contributed by atoms with Crippen molar-refractivity contribution >= 4 is 23.8 Å². The summed E-state index contributed by atoms with van der Waals surface area (Å²) in [7, 11) is 0. The Morgan fingerprint density at radius 1 is 1.10 bits per heavy atom. The number of aromatic nitrogens is 3. The number of hydrogen-bond acceptors (Lipinski definition) is 7. The molecule has 6 rings (SSSR count). The second kappa shape index (κ2) is 11.4. The number of benzene rings is 1. The van der Waals surface area contributed by atoms with Crippen LogP contribution in [0.2, 0.25) is 0 Å². The van der Waals surface area contributed by atoms with Gasteiger partial charge in [-0.25, -0.2) is 9.50 Å². The molecule has 5 heterocycles. The summed E-state index contributed by atoms with van der Waals surface area (Å²) in [4.78, 5) is 9.67. The van der Waals surface area contributed by atoms with E-state index >= 15 is 0 Å². The molecule has 0 radical (unpaired) electrons. The lowest BCUT2D eigenvalue weighted by molar-refractivity contribution is -0.533. The number of pyridine rings is 2. The number of nitriles is 1. The molecule has 2 aliphatic heterocycles. The molecule has 1 N–H and O–H groups in total. The average molecular weight is 534 g/mol. The average Bonchev–Trinajstić information content (AvgIpc) is 3.65. The van der Waals surface area contributed by atoms with Crippen LogP contribution in [0.25, 0.3) is 16.6 Å². The quantitative estimate of drug-likeness (QED) is 0.349. The number of rotatable bonds is 8. The van der Waals surface area contributed by atoms with Gasteiger partial charge in [-0.05, 0) is 34.4 Å². The zero-order valence-corrected chi connectivity index (χ0v) is 22.6. The summed E-state index contributed by atoms with van der Waals surface area (Å²) in [5.41, 5.74) is 5.53. The minimum Gasteiger partial charge on any atom is -0.396 e. The van der Waals surface area contributed by atoms with Crippen molar-refractivity contribution in [1.29, 1.82) is 5.26 Å². The van der Waals surface area contributed by atoms with Crippen molar-refractivity contribution in [3.05, 3.63) is 83.8 Å². The number of piperazine rings is 1. The lowest BCUT2D eigenvalue weighted by Crippen LogP contribution is -2.46. The molecule has 1 aromatic carbocycles. The molecule has 2 aliphatic rings. The first-order chi connectivity index (χ1) is 19.6. The van der Waals surface area contributed by atoms with E-state index in [1.165, 1.54) is 5.56 Å². The molecule has 1 unspecified atom stereocenters. The van der Waals surface area contributed by atoms with Crippen LogP contribution in [-0.2, 0) is 6.54 Å². The molecule has 9 nitrogen and oxygen atoms in total. The van der Waals surface area contributed by atoms with Gasteiger partial charge in [-0.1, -0.05) is 41.9 Å². The maximum atomic E-state index is 9.76. The summed E-state index contributed by atoms with van der Waals surface area (Å²) in [5, 5.41) is 28.2. The molecule has 9 heteroatoms. The molecule has 3 aromatic heterocycles. The Morgan fingerprint density at radius 2 is 1.93 bits per heavy atom. The van der Waals surface area contributed by atoms with Crippen molar-refractivity contribution in [2.75, 3.05) is 44.2 Å².